The maximum absolute atomic E-state index is 11.4. The zero-order chi connectivity index (χ0) is 13.1. The van der Waals surface area contributed by atoms with Gasteiger partial charge in [-0.15, -0.1) is 0 Å². The topological polar surface area (TPSA) is 72.2 Å². The molecule has 0 unspecified atom stereocenters. The van der Waals surface area contributed by atoms with Gasteiger partial charge in [-0.05, 0) is 25.0 Å². The fourth-order valence-electron chi connectivity index (χ4n) is 1.77. The SMILES string of the molecule is O=C1CCCC(Nc2ccc([N+](=O)[O-])cc2)=C1Cl. The van der Waals surface area contributed by atoms with Gasteiger partial charge < -0.3 is 5.32 Å². The van der Waals surface area contributed by atoms with Crippen LogP contribution in [0.15, 0.2) is 35.0 Å². The number of benzene rings is 1. The van der Waals surface area contributed by atoms with E-state index < -0.39 is 4.92 Å². The van der Waals surface area contributed by atoms with Crippen molar-refractivity contribution in [2.45, 2.75) is 19.3 Å². The second kappa shape index (κ2) is 5.18. The Balaban J connectivity index is 2.16. The average Bonchev–Trinajstić information content (AvgIpc) is 2.36. The van der Waals surface area contributed by atoms with E-state index in [2.05, 4.69) is 5.32 Å². The summed E-state index contributed by atoms with van der Waals surface area (Å²) in [5, 5.41) is 13.8. The van der Waals surface area contributed by atoms with Crippen LogP contribution in [0.25, 0.3) is 0 Å². The van der Waals surface area contributed by atoms with Gasteiger partial charge in [0, 0.05) is 29.9 Å². The van der Waals surface area contributed by atoms with E-state index >= 15 is 0 Å². The van der Waals surface area contributed by atoms with Gasteiger partial charge in [0.15, 0.2) is 5.78 Å². The molecule has 2 rings (SSSR count). The first-order chi connectivity index (χ1) is 8.58. The number of nitro groups is 1. The van der Waals surface area contributed by atoms with Gasteiger partial charge in [-0.3, -0.25) is 14.9 Å². The molecule has 0 heterocycles. The second-order valence-corrected chi connectivity index (χ2v) is 4.38. The summed E-state index contributed by atoms with van der Waals surface area (Å²) < 4.78 is 0. The summed E-state index contributed by atoms with van der Waals surface area (Å²) in [5.74, 6) is -0.0627. The molecular weight excluding hydrogens is 256 g/mol. The Morgan fingerprint density at radius 3 is 2.50 bits per heavy atom. The summed E-state index contributed by atoms with van der Waals surface area (Å²) in [7, 11) is 0. The number of hydrogen-bond acceptors (Lipinski definition) is 4. The zero-order valence-corrected chi connectivity index (χ0v) is 10.2. The van der Waals surface area contributed by atoms with Crippen molar-refractivity contribution >= 4 is 28.8 Å². The third-order valence-electron chi connectivity index (χ3n) is 2.71. The summed E-state index contributed by atoms with van der Waals surface area (Å²) in [6, 6.07) is 5.99. The number of carbonyl (C=O) groups excluding carboxylic acids is 1. The highest BCUT2D eigenvalue weighted by atomic mass is 35.5. The Hall–Kier alpha value is -1.88. The monoisotopic (exact) mass is 266 g/mol. The molecule has 0 fully saturated rings. The van der Waals surface area contributed by atoms with Gasteiger partial charge in [-0.1, -0.05) is 11.6 Å². The van der Waals surface area contributed by atoms with Crippen molar-refractivity contribution in [2.75, 3.05) is 5.32 Å². The third-order valence-corrected chi connectivity index (χ3v) is 3.15. The number of allylic oxidation sites excluding steroid dienone is 2. The molecule has 0 saturated heterocycles. The molecule has 0 spiro atoms. The summed E-state index contributed by atoms with van der Waals surface area (Å²) in [5.41, 5.74) is 1.39. The lowest BCUT2D eigenvalue weighted by atomic mass is 10.0. The number of carbonyl (C=O) groups is 1. The first-order valence-electron chi connectivity index (χ1n) is 5.51. The average molecular weight is 267 g/mol. The highest BCUT2D eigenvalue weighted by Gasteiger charge is 2.18. The number of anilines is 1. The largest absolute Gasteiger partial charge is 0.358 e. The third kappa shape index (κ3) is 2.68. The second-order valence-electron chi connectivity index (χ2n) is 4.00. The molecule has 0 radical (unpaired) electrons. The molecule has 0 atom stereocenters. The lowest BCUT2D eigenvalue weighted by molar-refractivity contribution is -0.384. The van der Waals surface area contributed by atoms with E-state index in [0.29, 0.717) is 24.2 Å². The molecule has 0 aliphatic heterocycles. The van der Waals surface area contributed by atoms with E-state index in [-0.39, 0.29) is 16.5 Å². The molecule has 1 aliphatic carbocycles. The molecule has 5 nitrogen and oxygen atoms in total. The molecular formula is C12H11ClN2O3. The van der Waals surface area contributed by atoms with Gasteiger partial charge in [0.25, 0.3) is 5.69 Å². The van der Waals surface area contributed by atoms with Gasteiger partial charge in [0.1, 0.15) is 5.03 Å². The quantitative estimate of drug-likeness (QED) is 0.673. The number of rotatable bonds is 3. The number of ketones is 1. The van der Waals surface area contributed by atoms with Gasteiger partial charge >= 0.3 is 0 Å². The van der Waals surface area contributed by atoms with Crippen molar-refractivity contribution in [1.29, 1.82) is 0 Å². The van der Waals surface area contributed by atoms with Crippen molar-refractivity contribution in [3.8, 4) is 0 Å². The van der Waals surface area contributed by atoms with Gasteiger partial charge in [0.05, 0.1) is 4.92 Å². The molecule has 0 bridgehead atoms. The van der Waals surface area contributed by atoms with Crippen LogP contribution in [0.3, 0.4) is 0 Å². The van der Waals surface area contributed by atoms with Crippen LogP contribution in [-0.2, 0) is 4.79 Å². The van der Waals surface area contributed by atoms with Crippen LogP contribution >= 0.6 is 11.6 Å². The van der Waals surface area contributed by atoms with Crippen LogP contribution < -0.4 is 5.32 Å². The van der Waals surface area contributed by atoms with E-state index in [0.717, 1.165) is 6.42 Å². The summed E-state index contributed by atoms with van der Waals surface area (Å²) in [6.07, 6.45) is 1.95. The summed E-state index contributed by atoms with van der Waals surface area (Å²) in [6.45, 7) is 0. The molecule has 1 N–H and O–H groups in total. The van der Waals surface area contributed by atoms with Crippen molar-refractivity contribution in [3.05, 3.63) is 45.1 Å². The molecule has 18 heavy (non-hydrogen) atoms. The van der Waals surface area contributed by atoms with Crippen LogP contribution in [-0.4, -0.2) is 10.7 Å². The molecule has 1 aromatic carbocycles. The van der Waals surface area contributed by atoms with Crippen molar-refractivity contribution < 1.29 is 9.72 Å². The summed E-state index contributed by atoms with van der Waals surface area (Å²) in [4.78, 5) is 21.5. The standard InChI is InChI=1S/C12H11ClN2O3/c13-12-10(2-1-3-11(12)16)14-8-4-6-9(7-5-8)15(17)18/h4-7,14H,1-3H2. The van der Waals surface area contributed by atoms with Gasteiger partial charge in [0.2, 0.25) is 0 Å². The van der Waals surface area contributed by atoms with Crippen molar-refractivity contribution in [2.24, 2.45) is 0 Å². The molecule has 6 heteroatoms. The number of nitro benzene ring substituents is 1. The van der Waals surface area contributed by atoms with Crippen LogP contribution in [0.4, 0.5) is 11.4 Å². The van der Waals surface area contributed by atoms with Crippen LogP contribution in [0.2, 0.25) is 0 Å². The Morgan fingerprint density at radius 2 is 1.89 bits per heavy atom. The molecule has 94 valence electrons. The smallest absolute Gasteiger partial charge is 0.269 e. The first-order valence-corrected chi connectivity index (χ1v) is 5.89. The van der Waals surface area contributed by atoms with E-state index in [1.807, 2.05) is 0 Å². The molecule has 1 aliphatic rings. The van der Waals surface area contributed by atoms with Crippen LogP contribution in [0, 0.1) is 10.1 Å². The Kier molecular flexibility index (Phi) is 3.62. The normalized spacial score (nSPS) is 15.7. The minimum Gasteiger partial charge on any atom is -0.358 e. The molecule has 1 aromatic rings. The maximum Gasteiger partial charge on any atom is 0.269 e. The van der Waals surface area contributed by atoms with Crippen LogP contribution in [0.5, 0.6) is 0 Å². The maximum atomic E-state index is 11.4. The Bertz CT molecular complexity index is 523. The van der Waals surface area contributed by atoms with E-state index in [1.54, 1.807) is 12.1 Å². The van der Waals surface area contributed by atoms with Gasteiger partial charge in [-0.2, -0.15) is 0 Å². The molecule has 0 saturated carbocycles. The minimum atomic E-state index is -0.458. The number of Topliss-reactive ketones (excluding diaryl/α,β-unsaturated/α-hetero) is 1. The number of hydrogen-bond donors (Lipinski definition) is 1. The number of halogens is 1. The number of non-ortho nitro benzene ring substituents is 1. The zero-order valence-electron chi connectivity index (χ0n) is 9.48. The predicted molar refractivity (Wildman–Crippen MR) is 68.5 cm³/mol. The van der Waals surface area contributed by atoms with E-state index in [9.17, 15) is 14.9 Å². The fraction of sp³-hybridized carbons (Fsp3) is 0.250. The fourth-order valence-corrected chi connectivity index (χ4v) is 2.01. The number of nitrogens with zero attached hydrogens (tertiary/aromatic N) is 1. The highest BCUT2D eigenvalue weighted by molar-refractivity contribution is 6.43. The van der Waals surface area contributed by atoms with Crippen molar-refractivity contribution in [3.63, 3.8) is 0 Å². The Labute approximate surface area is 109 Å². The molecule has 0 aromatic heterocycles. The summed E-state index contributed by atoms with van der Waals surface area (Å²) >= 11 is 5.92. The lowest BCUT2D eigenvalue weighted by Crippen LogP contribution is -2.13. The van der Waals surface area contributed by atoms with Gasteiger partial charge in [-0.25, -0.2) is 0 Å². The van der Waals surface area contributed by atoms with Crippen molar-refractivity contribution in [1.82, 2.24) is 0 Å². The predicted octanol–water partition coefficient (Wildman–Crippen LogP) is 3.21. The van der Waals surface area contributed by atoms with E-state index in [1.165, 1.54) is 12.1 Å². The Morgan fingerprint density at radius 1 is 1.22 bits per heavy atom. The highest BCUT2D eigenvalue weighted by Crippen LogP contribution is 2.26. The molecule has 0 amide bonds. The first kappa shape index (κ1) is 12.6. The number of nitrogens with one attached hydrogen (secondary N) is 1. The minimum absolute atomic E-state index is 0.0281. The van der Waals surface area contributed by atoms with E-state index in [4.69, 9.17) is 11.6 Å². The lowest BCUT2D eigenvalue weighted by Gasteiger charge is -2.17. The van der Waals surface area contributed by atoms with Crippen LogP contribution in [0.1, 0.15) is 19.3 Å².